The summed E-state index contributed by atoms with van der Waals surface area (Å²) >= 11 is 0. The van der Waals surface area contributed by atoms with Crippen LogP contribution in [0.2, 0.25) is 0 Å². The molecule has 0 amide bonds. The minimum Gasteiger partial charge on any atom is -0.246 e. The lowest BCUT2D eigenvalue weighted by Crippen LogP contribution is -1.75. The van der Waals surface area contributed by atoms with E-state index < -0.39 is 0 Å². The van der Waals surface area contributed by atoms with Crippen molar-refractivity contribution < 1.29 is 4.39 Å². The van der Waals surface area contributed by atoms with Crippen LogP contribution < -0.4 is 0 Å². The van der Waals surface area contributed by atoms with Gasteiger partial charge in [-0.05, 0) is 19.4 Å². The second kappa shape index (κ2) is 4.98. The van der Waals surface area contributed by atoms with Crippen molar-refractivity contribution in [1.29, 1.82) is 0 Å². The predicted molar refractivity (Wildman–Crippen MR) is 43.7 cm³/mol. The number of hydrogen-bond donors (Lipinski definition) is 0. The zero-order chi connectivity index (χ0) is 7.98. The molecule has 0 nitrogen and oxygen atoms in total. The van der Waals surface area contributed by atoms with Crippen molar-refractivity contribution in [3.63, 3.8) is 0 Å². The lowest BCUT2D eigenvalue weighted by molar-refractivity contribution is 0.543. The molecule has 0 aromatic carbocycles. The molecule has 0 aliphatic carbocycles. The minimum atomic E-state index is -0.374. The molecule has 0 spiro atoms. The average molecular weight is 140 g/mol. The van der Waals surface area contributed by atoms with Gasteiger partial charge in [0.2, 0.25) is 0 Å². The Bertz CT molecular complexity index is 164. The van der Waals surface area contributed by atoms with Gasteiger partial charge in [0.15, 0.2) is 0 Å². The van der Waals surface area contributed by atoms with Gasteiger partial charge in [0.1, 0.15) is 6.67 Å². The lowest BCUT2D eigenvalue weighted by Gasteiger charge is -1.88. The molecule has 0 atom stereocenters. The third-order valence-electron chi connectivity index (χ3n) is 1.16. The van der Waals surface area contributed by atoms with Gasteiger partial charge in [-0.1, -0.05) is 30.4 Å². The standard InChI is InChI=1S/C9H13F/c1-4-8(2)5-6-9(3)7-10/h4-6H,1,7H2,2-3H3/b8-5-,9-6-. The Kier molecular flexibility index (Phi) is 4.55. The van der Waals surface area contributed by atoms with Crippen LogP contribution in [-0.2, 0) is 0 Å². The molecule has 0 unspecified atom stereocenters. The van der Waals surface area contributed by atoms with Gasteiger partial charge in [0, 0.05) is 0 Å². The summed E-state index contributed by atoms with van der Waals surface area (Å²) in [5, 5.41) is 0. The molecule has 0 fully saturated rings. The van der Waals surface area contributed by atoms with Gasteiger partial charge in [-0.3, -0.25) is 0 Å². The highest BCUT2D eigenvalue weighted by Gasteiger charge is 1.82. The quantitative estimate of drug-likeness (QED) is 0.528. The summed E-state index contributed by atoms with van der Waals surface area (Å²) in [6, 6.07) is 0. The van der Waals surface area contributed by atoms with Gasteiger partial charge in [0.05, 0.1) is 0 Å². The highest BCUT2D eigenvalue weighted by atomic mass is 19.1. The first-order chi connectivity index (χ1) is 4.70. The highest BCUT2D eigenvalue weighted by molar-refractivity contribution is 5.22. The molecular weight excluding hydrogens is 127 g/mol. The van der Waals surface area contributed by atoms with E-state index in [0.29, 0.717) is 0 Å². The second-order valence-electron chi connectivity index (χ2n) is 2.26. The van der Waals surface area contributed by atoms with Crippen molar-refractivity contribution in [3.8, 4) is 0 Å². The summed E-state index contributed by atoms with van der Waals surface area (Å²) in [6.45, 7) is 6.88. The van der Waals surface area contributed by atoms with Gasteiger partial charge < -0.3 is 0 Å². The Morgan fingerprint density at radius 3 is 2.40 bits per heavy atom. The molecule has 0 rings (SSSR count). The number of allylic oxidation sites excluding steroid dienone is 5. The molecule has 10 heavy (non-hydrogen) atoms. The molecule has 0 N–H and O–H groups in total. The van der Waals surface area contributed by atoms with Crippen LogP contribution in [0.3, 0.4) is 0 Å². The van der Waals surface area contributed by atoms with Gasteiger partial charge in [0.25, 0.3) is 0 Å². The monoisotopic (exact) mass is 140 g/mol. The molecule has 0 bridgehead atoms. The summed E-state index contributed by atoms with van der Waals surface area (Å²) in [7, 11) is 0. The minimum absolute atomic E-state index is 0.374. The zero-order valence-electron chi connectivity index (χ0n) is 6.52. The summed E-state index contributed by atoms with van der Waals surface area (Å²) in [5.41, 5.74) is 1.79. The van der Waals surface area contributed by atoms with E-state index in [9.17, 15) is 4.39 Å². The number of rotatable bonds is 3. The molecule has 56 valence electrons. The first-order valence-electron chi connectivity index (χ1n) is 3.23. The van der Waals surface area contributed by atoms with E-state index in [0.717, 1.165) is 11.1 Å². The van der Waals surface area contributed by atoms with E-state index in [2.05, 4.69) is 6.58 Å². The Labute approximate surface area is 61.8 Å². The van der Waals surface area contributed by atoms with E-state index in [1.54, 1.807) is 19.1 Å². The Balaban J connectivity index is 4.03. The Hall–Kier alpha value is -0.850. The van der Waals surface area contributed by atoms with Crippen LogP contribution in [0, 0.1) is 0 Å². The summed E-state index contributed by atoms with van der Waals surface area (Å²) in [5.74, 6) is 0. The fraction of sp³-hybridized carbons (Fsp3) is 0.333. The Morgan fingerprint density at radius 1 is 1.40 bits per heavy atom. The van der Waals surface area contributed by atoms with Gasteiger partial charge >= 0.3 is 0 Å². The van der Waals surface area contributed by atoms with Crippen molar-refractivity contribution in [1.82, 2.24) is 0 Å². The smallest absolute Gasteiger partial charge is 0.111 e. The van der Waals surface area contributed by atoms with Crippen LogP contribution in [0.5, 0.6) is 0 Å². The summed E-state index contributed by atoms with van der Waals surface area (Å²) in [4.78, 5) is 0. The van der Waals surface area contributed by atoms with E-state index in [4.69, 9.17) is 0 Å². The predicted octanol–water partition coefficient (Wildman–Crippen LogP) is 3.03. The first kappa shape index (κ1) is 9.15. The van der Waals surface area contributed by atoms with E-state index in [1.807, 2.05) is 13.0 Å². The number of halogens is 1. The normalized spacial score (nSPS) is 13.5. The number of hydrogen-bond acceptors (Lipinski definition) is 0. The SMILES string of the molecule is C=C/C(C)=C\C=C(\C)CF. The fourth-order valence-electron chi connectivity index (χ4n) is 0.386. The third kappa shape index (κ3) is 4.07. The first-order valence-corrected chi connectivity index (χ1v) is 3.23. The molecule has 0 saturated carbocycles. The maximum atomic E-state index is 11.8. The van der Waals surface area contributed by atoms with E-state index in [1.165, 1.54) is 0 Å². The van der Waals surface area contributed by atoms with Crippen molar-refractivity contribution in [2.24, 2.45) is 0 Å². The molecule has 0 radical (unpaired) electrons. The molecule has 0 saturated heterocycles. The van der Waals surface area contributed by atoms with Gasteiger partial charge in [-0.15, -0.1) is 0 Å². The molecular formula is C9H13F. The highest BCUT2D eigenvalue weighted by Crippen LogP contribution is 1.98. The molecule has 0 aliphatic heterocycles. The molecule has 0 aromatic heterocycles. The maximum Gasteiger partial charge on any atom is 0.111 e. The number of alkyl halides is 1. The van der Waals surface area contributed by atoms with Crippen LogP contribution in [0.25, 0.3) is 0 Å². The molecule has 1 heteroatoms. The largest absolute Gasteiger partial charge is 0.246 e. The van der Waals surface area contributed by atoms with Crippen molar-refractivity contribution in [3.05, 3.63) is 36.0 Å². The van der Waals surface area contributed by atoms with Crippen molar-refractivity contribution in [2.45, 2.75) is 13.8 Å². The maximum absolute atomic E-state index is 11.8. The molecule has 0 aliphatic rings. The fourth-order valence-corrected chi connectivity index (χ4v) is 0.386. The topological polar surface area (TPSA) is 0 Å². The van der Waals surface area contributed by atoms with Gasteiger partial charge in [-0.2, -0.15) is 0 Å². The van der Waals surface area contributed by atoms with E-state index >= 15 is 0 Å². The summed E-state index contributed by atoms with van der Waals surface area (Å²) < 4.78 is 11.8. The van der Waals surface area contributed by atoms with Crippen LogP contribution in [0.15, 0.2) is 36.0 Å². The van der Waals surface area contributed by atoms with Crippen LogP contribution >= 0.6 is 0 Å². The third-order valence-corrected chi connectivity index (χ3v) is 1.16. The van der Waals surface area contributed by atoms with Crippen molar-refractivity contribution >= 4 is 0 Å². The Morgan fingerprint density at radius 2 is 2.00 bits per heavy atom. The molecule has 0 aromatic rings. The lowest BCUT2D eigenvalue weighted by atomic mass is 10.2. The van der Waals surface area contributed by atoms with Crippen LogP contribution in [0.1, 0.15) is 13.8 Å². The van der Waals surface area contributed by atoms with Crippen LogP contribution in [-0.4, -0.2) is 6.67 Å². The van der Waals surface area contributed by atoms with Crippen molar-refractivity contribution in [2.75, 3.05) is 6.67 Å². The van der Waals surface area contributed by atoms with Crippen LogP contribution in [0.4, 0.5) is 4.39 Å². The second-order valence-corrected chi connectivity index (χ2v) is 2.26. The van der Waals surface area contributed by atoms with Gasteiger partial charge in [-0.25, -0.2) is 4.39 Å². The average Bonchev–Trinajstić information content (AvgIpc) is 1.99. The summed E-state index contributed by atoms with van der Waals surface area (Å²) in [6.07, 6.45) is 5.35. The zero-order valence-corrected chi connectivity index (χ0v) is 6.52. The van der Waals surface area contributed by atoms with E-state index in [-0.39, 0.29) is 6.67 Å². The molecule has 0 heterocycles.